The quantitative estimate of drug-likeness (QED) is 0.640. The number of rotatable bonds is 6. The molecule has 0 radical (unpaired) electrons. The Kier molecular flexibility index (Phi) is 5.49. The maximum atomic E-state index is 11.0. The normalized spacial score (nSPS) is 16.5. The molecule has 0 saturated carbocycles. The van der Waals surface area contributed by atoms with Gasteiger partial charge >= 0.3 is 0 Å². The molecule has 110 valence electrons. The van der Waals surface area contributed by atoms with Crippen molar-refractivity contribution in [3.05, 3.63) is 39.9 Å². The summed E-state index contributed by atoms with van der Waals surface area (Å²) in [5.74, 6) is 0. The van der Waals surface area contributed by atoms with Crippen LogP contribution in [0.15, 0.2) is 24.3 Å². The first-order valence-corrected chi connectivity index (χ1v) is 7.39. The van der Waals surface area contributed by atoms with Crippen molar-refractivity contribution in [3.8, 4) is 0 Å². The van der Waals surface area contributed by atoms with Crippen molar-refractivity contribution in [2.24, 2.45) is 0 Å². The van der Waals surface area contributed by atoms with E-state index in [0.717, 1.165) is 38.2 Å². The third-order valence-electron chi connectivity index (χ3n) is 4.09. The average molecular weight is 277 g/mol. The smallest absolute Gasteiger partial charge is 0.272 e. The fourth-order valence-electron chi connectivity index (χ4n) is 2.94. The van der Waals surface area contributed by atoms with Crippen molar-refractivity contribution in [2.75, 3.05) is 26.2 Å². The van der Waals surface area contributed by atoms with E-state index in [4.69, 9.17) is 0 Å². The largest absolute Gasteiger partial charge is 0.317 e. The van der Waals surface area contributed by atoms with E-state index < -0.39 is 0 Å². The van der Waals surface area contributed by atoms with E-state index in [2.05, 4.69) is 17.1 Å². The zero-order valence-corrected chi connectivity index (χ0v) is 12.0. The van der Waals surface area contributed by atoms with Gasteiger partial charge in [0.1, 0.15) is 0 Å². The van der Waals surface area contributed by atoms with Gasteiger partial charge in [-0.15, -0.1) is 0 Å². The number of para-hydroxylation sites is 1. The minimum Gasteiger partial charge on any atom is -0.317 e. The lowest BCUT2D eigenvalue weighted by Crippen LogP contribution is -2.43. The lowest BCUT2D eigenvalue weighted by molar-refractivity contribution is -0.385. The highest BCUT2D eigenvalue weighted by Crippen LogP contribution is 2.19. The third kappa shape index (κ3) is 3.77. The van der Waals surface area contributed by atoms with Crippen LogP contribution in [0.1, 0.15) is 25.3 Å². The summed E-state index contributed by atoms with van der Waals surface area (Å²) < 4.78 is 0. The van der Waals surface area contributed by atoms with Gasteiger partial charge in [-0.1, -0.05) is 25.1 Å². The number of benzene rings is 1. The molecule has 2 rings (SSSR count). The lowest BCUT2D eigenvalue weighted by Gasteiger charge is -2.33. The molecule has 5 heteroatoms. The van der Waals surface area contributed by atoms with Crippen molar-refractivity contribution in [3.63, 3.8) is 0 Å². The van der Waals surface area contributed by atoms with Gasteiger partial charge in [0.15, 0.2) is 0 Å². The van der Waals surface area contributed by atoms with Crippen LogP contribution in [0.2, 0.25) is 0 Å². The van der Waals surface area contributed by atoms with Crippen molar-refractivity contribution >= 4 is 5.69 Å². The third-order valence-corrected chi connectivity index (χ3v) is 4.09. The zero-order chi connectivity index (χ0) is 14.4. The highest BCUT2D eigenvalue weighted by Gasteiger charge is 2.20. The summed E-state index contributed by atoms with van der Waals surface area (Å²) in [6.07, 6.45) is 3.09. The van der Waals surface area contributed by atoms with Gasteiger partial charge in [0.05, 0.1) is 4.92 Å². The summed E-state index contributed by atoms with van der Waals surface area (Å²) in [7, 11) is 0. The van der Waals surface area contributed by atoms with E-state index in [1.807, 2.05) is 12.1 Å². The summed E-state index contributed by atoms with van der Waals surface area (Å²) in [6, 6.07) is 7.68. The number of nitrogens with one attached hydrogen (secondary N) is 1. The van der Waals surface area contributed by atoms with E-state index >= 15 is 0 Å². The number of hydrogen-bond acceptors (Lipinski definition) is 4. The molecule has 0 atom stereocenters. The van der Waals surface area contributed by atoms with Crippen LogP contribution >= 0.6 is 0 Å². The van der Waals surface area contributed by atoms with Gasteiger partial charge in [0.2, 0.25) is 0 Å². The molecule has 5 nitrogen and oxygen atoms in total. The maximum Gasteiger partial charge on any atom is 0.272 e. The summed E-state index contributed by atoms with van der Waals surface area (Å²) in [5, 5.41) is 14.4. The fourth-order valence-corrected chi connectivity index (χ4v) is 2.94. The first-order chi connectivity index (χ1) is 9.72. The molecule has 1 aromatic rings. The number of nitrogens with zero attached hydrogens (tertiary/aromatic N) is 2. The Morgan fingerprint density at radius 2 is 2.05 bits per heavy atom. The minimum absolute atomic E-state index is 0.244. The van der Waals surface area contributed by atoms with Crippen molar-refractivity contribution < 1.29 is 4.92 Å². The number of likely N-dealkylation sites (N-methyl/N-ethyl adjacent to an activating group) is 1. The average Bonchev–Trinajstić information content (AvgIpc) is 2.49. The van der Waals surface area contributed by atoms with Crippen LogP contribution < -0.4 is 5.32 Å². The van der Waals surface area contributed by atoms with Crippen molar-refractivity contribution in [1.29, 1.82) is 0 Å². The summed E-state index contributed by atoms with van der Waals surface area (Å²) in [5.41, 5.74) is 1.08. The minimum atomic E-state index is -0.282. The SMILES string of the molecule is CCN(CCc1ccccc1[N+](=O)[O-])C1CCNCC1. The molecule has 1 aliphatic heterocycles. The van der Waals surface area contributed by atoms with Crippen LogP contribution in [-0.4, -0.2) is 42.0 Å². The van der Waals surface area contributed by atoms with Crippen LogP contribution in [0.25, 0.3) is 0 Å². The van der Waals surface area contributed by atoms with Crippen LogP contribution in [0.5, 0.6) is 0 Å². The van der Waals surface area contributed by atoms with E-state index in [0.29, 0.717) is 6.04 Å². The molecule has 0 spiro atoms. The Morgan fingerprint density at radius 3 is 2.70 bits per heavy atom. The van der Waals surface area contributed by atoms with Gasteiger partial charge in [-0.2, -0.15) is 0 Å². The van der Waals surface area contributed by atoms with Crippen LogP contribution in [0.3, 0.4) is 0 Å². The second-order valence-electron chi connectivity index (χ2n) is 5.25. The predicted octanol–water partition coefficient (Wildman–Crippen LogP) is 2.21. The number of nitro benzene ring substituents is 1. The van der Waals surface area contributed by atoms with E-state index in [1.165, 1.54) is 12.8 Å². The predicted molar refractivity (Wildman–Crippen MR) is 79.9 cm³/mol. The first-order valence-electron chi connectivity index (χ1n) is 7.39. The molecular weight excluding hydrogens is 254 g/mol. The standard InChI is InChI=1S/C15H23N3O2/c1-2-17(14-7-10-16-11-8-14)12-9-13-5-3-4-6-15(13)18(19)20/h3-6,14,16H,2,7-12H2,1H3. The van der Waals surface area contributed by atoms with Crippen molar-refractivity contribution in [1.82, 2.24) is 10.2 Å². The van der Waals surface area contributed by atoms with Gasteiger partial charge in [0, 0.05) is 24.2 Å². The van der Waals surface area contributed by atoms with Gasteiger partial charge in [0.25, 0.3) is 5.69 Å². The number of hydrogen-bond donors (Lipinski definition) is 1. The highest BCUT2D eigenvalue weighted by atomic mass is 16.6. The number of piperidine rings is 1. The Bertz CT molecular complexity index is 444. The molecule has 0 unspecified atom stereocenters. The molecule has 1 heterocycles. The van der Waals surface area contributed by atoms with E-state index in [1.54, 1.807) is 12.1 Å². The van der Waals surface area contributed by atoms with Gasteiger partial charge in [-0.3, -0.25) is 10.1 Å². The molecule has 1 N–H and O–H groups in total. The molecule has 0 aliphatic carbocycles. The molecule has 0 amide bonds. The van der Waals surface area contributed by atoms with Gasteiger partial charge < -0.3 is 10.2 Å². The zero-order valence-electron chi connectivity index (χ0n) is 12.0. The summed E-state index contributed by atoms with van der Waals surface area (Å²) >= 11 is 0. The van der Waals surface area contributed by atoms with E-state index in [9.17, 15) is 10.1 Å². The van der Waals surface area contributed by atoms with Gasteiger partial charge in [-0.05, 0) is 38.9 Å². The Hall–Kier alpha value is -1.46. The lowest BCUT2D eigenvalue weighted by atomic mass is 10.0. The fraction of sp³-hybridized carbons (Fsp3) is 0.600. The molecule has 1 saturated heterocycles. The topological polar surface area (TPSA) is 58.4 Å². The maximum absolute atomic E-state index is 11.0. The molecule has 20 heavy (non-hydrogen) atoms. The molecule has 1 aliphatic rings. The second kappa shape index (κ2) is 7.36. The van der Waals surface area contributed by atoms with Crippen molar-refractivity contribution in [2.45, 2.75) is 32.2 Å². The molecular formula is C15H23N3O2. The first kappa shape index (κ1) is 14.9. The highest BCUT2D eigenvalue weighted by molar-refractivity contribution is 5.39. The van der Waals surface area contributed by atoms with Crippen LogP contribution in [0.4, 0.5) is 5.69 Å². The Labute approximate surface area is 120 Å². The number of nitro groups is 1. The second-order valence-corrected chi connectivity index (χ2v) is 5.25. The molecule has 0 aromatic heterocycles. The summed E-state index contributed by atoms with van der Waals surface area (Å²) in [6.45, 7) is 6.22. The van der Waals surface area contributed by atoms with E-state index in [-0.39, 0.29) is 10.6 Å². The Morgan fingerprint density at radius 1 is 1.35 bits per heavy atom. The summed E-state index contributed by atoms with van der Waals surface area (Å²) in [4.78, 5) is 13.2. The monoisotopic (exact) mass is 277 g/mol. The van der Waals surface area contributed by atoms with Gasteiger partial charge in [-0.25, -0.2) is 0 Å². The van der Waals surface area contributed by atoms with Crippen LogP contribution in [0, 0.1) is 10.1 Å². The Balaban J connectivity index is 1.97. The molecule has 0 bridgehead atoms. The molecule has 1 aromatic carbocycles. The molecule has 1 fully saturated rings. The van der Waals surface area contributed by atoms with Crippen LogP contribution in [-0.2, 0) is 6.42 Å².